The van der Waals surface area contributed by atoms with Gasteiger partial charge in [0, 0.05) is 24.0 Å². The highest BCUT2D eigenvalue weighted by Crippen LogP contribution is 2.32. The number of hydrogen-bond donors (Lipinski definition) is 3. The first-order valence-corrected chi connectivity index (χ1v) is 9.80. The lowest BCUT2D eigenvalue weighted by molar-refractivity contribution is -0.117. The maximum absolute atomic E-state index is 12.9. The number of thiophene rings is 1. The van der Waals surface area contributed by atoms with Crippen LogP contribution in [0.2, 0.25) is 0 Å². The highest BCUT2D eigenvalue weighted by atomic mass is 32.1. The molecule has 29 heavy (non-hydrogen) atoms. The zero-order valence-electron chi connectivity index (χ0n) is 16.3. The molecule has 0 atom stereocenters. The summed E-state index contributed by atoms with van der Waals surface area (Å²) in [5, 5.41) is 6.32. The van der Waals surface area contributed by atoms with E-state index in [2.05, 4.69) is 20.6 Å². The molecule has 0 aliphatic carbocycles. The highest BCUT2D eigenvalue weighted by molar-refractivity contribution is 7.20. The molecule has 2 heterocycles. The third-order valence-corrected chi connectivity index (χ3v) is 5.55. The Morgan fingerprint density at radius 1 is 1.07 bits per heavy atom. The van der Waals surface area contributed by atoms with E-state index in [4.69, 9.17) is 5.73 Å². The van der Waals surface area contributed by atoms with Crippen molar-refractivity contribution in [1.82, 2.24) is 15.3 Å². The predicted octanol–water partition coefficient (Wildman–Crippen LogP) is 2.47. The number of hydrogen-bond acceptors (Lipinski definition) is 6. The first-order chi connectivity index (χ1) is 13.8. The molecule has 0 saturated heterocycles. The molecule has 0 fully saturated rings. The van der Waals surface area contributed by atoms with E-state index < -0.39 is 11.8 Å². The summed E-state index contributed by atoms with van der Waals surface area (Å²) in [6.45, 7) is 5.70. The van der Waals surface area contributed by atoms with Crippen LogP contribution >= 0.6 is 11.3 Å². The average molecular weight is 411 g/mol. The topological polar surface area (TPSA) is 127 Å². The second kappa shape index (κ2) is 8.36. The lowest BCUT2D eigenvalue weighted by Gasteiger charge is -2.11. The number of anilines is 1. The molecule has 0 aliphatic heterocycles. The van der Waals surface area contributed by atoms with Crippen molar-refractivity contribution in [2.45, 2.75) is 27.2 Å². The third kappa shape index (κ3) is 4.40. The Morgan fingerprint density at radius 2 is 1.79 bits per heavy atom. The van der Waals surface area contributed by atoms with Crippen LogP contribution in [0.5, 0.6) is 0 Å². The minimum absolute atomic E-state index is 0.0427. The van der Waals surface area contributed by atoms with Gasteiger partial charge in [0.05, 0.1) is 16.1 Å². The summed E-state index contributed by atoms with van der Waals surface area (Å²) in [5.41, 5.74) is 7.41. The van der Waals surface area contributed by atoms with Crippen molar-refractivity contribution in [1.29, 1.82) is 0 Å². The second-order valence-electron chi connectivity index (χ2n) is 6.56. The van der Waals surface area contributed by atoms with Crippen LogP contribution in [0, 0.1) is 20.8 Å². The first-order valence-electron chi connectivity index (χ1n) is 8.99. The van der Waals surface area contributed by atoms with Crippen molar-refractivity contribution in [3.05, 3.63) is 51.8 Å². The molecule has 0 aliphatic rings. The van der Waals surface area contributed by atoms with Crippen LogP contribution in [0.3, 0.4) is 0 Å². The summed E-state index contributed by atoms with van der Waals surface area (Å²) in [7, 11) is 0. The Labute approximate surface area is 171 Å². The summed E-state index contributed by atoms with van der Waals surface area (Å²) < 4.78 is 0. The lowest BCUT2D eigenvalue weighted by Crippen LogP contribution is -2.28. The van der Waals surface area contributed by atoms with Gasteiger partial charge in [-0.2, -0.15) is 0 Å². The smallest absolute Gasteiger partial charge is 0.266 e. The molecule has 0 unspecified atom stereocenters. The number of amides is 3. The zero-order chi connectivity index (χ0) is 21.1. The van der Waals surface area contributed by atoms with Gasteiger partial charge in [0.15, 0.2) is 0 Å². The molecule has 150 valence electrons. The number of rotatable bonds is 6. The van der Waals surface area contributed by atoms with E-state index >= 15 is 0 Å². The van der Waals surface area contributed by atoms with Crippen molar-refractivity contribution >= 4 is 45.0 Å². The molecule has 0 bridgehead atoms. The highest BCUT2D eigenvalue weighted by Gasteiger charge is 2.20. The van der Waals surface area contributed by atoms with Crippen molar-refractivity contribution < 1.29 is 14.4 Å². The van der Waals surface area contributed by atoms with Crippen LogP contribution in [0.25, 0.3) is 10.2 Å². The van der Waals surface area contributed by atoms with E-state index in [0.29, 0.717) is 22.0 Å². The summed E-state index contributed by atoms with van der Waals surface area (Å²) in [6, 6.07) is 6.68. The predicted molar refractivity (Wildman–Crippen MR) is 112 cm³/mol. The minimum atomic E-state index is -0.499. The summed E-state index contributed by atoms with van der Waals surface area (Å²) in [5.74, 6) is -0.561. The fraction of sp³-hybridized carbons (Fsp3) is 0.250. The molecule has 2 aromatic heterocycles. The Hall–Kier alpha value is -3.33. The molecule has 4 N–H and O–H groups in total. The normalized spacial score (nSPS) is 10.7. The number of benzene rings is 1. The molecule has 9 heteroatoms. The molecule has 0 saturated carbocycles. The number of nitrogens with one attached hydrogen (secondary N) is 2. The van der Waals surface area contributed by atoms with Gasteiger partial charge in [0.2, 0.25) is 5.91 Å². The largest absolute Gasteiger partial charge is 0.370 e. The van der Waals surface area contributed by atoms with Crippen LogP contribution in [-0.2, 0) is 4.79 Å². The molecule has 3 rings (SSSR count). The fourth-order valence-corrected chi connectivity index (χ4v) is 4.23. The Morgan fingerprint density at radius 3 is 2.52 bits per heavy atom. The summed E-state index contributed by atoms with van der Waals surface area (Å²) >= 11 is 1.30. The molecule has 0 spiro atoms. The first kappa shape index (κ1) is 20.4. The van der Waals surface area contributed by atoms with Gasteiger partial charge in [-0.3, -0.25) is 14.4 Å². The number of para-hydroxylation sites is 1. The van der Waals surface area contributed by atoms with E-state index in [1.165, 1.54) is 11.3 Å². The van der Waals surface area contributed by atoms with Crippen molar-refractivity contribution in [3.8, 4) is 0 Å². The molecular formula is C20H21N5O3S. The minimum Gasteiger partial charge on any atom is -0.370 e. The van der Waals surface area contributed by atoms with Crippen molar-refractivity contribution in [2.24, 2.45) is 5.73 Å². The molecule has 3 aromatic rings. The van der Waals surface area contributed by atoms with Gasteiger partial charge >= 0.3 is 0 Å². The summed E-state index contributed by atoms with van der Waals surface area (Å²) in [6.07, 6.45) is 0.0427. The number of aryl methyl sites for hydroxylation is 3. The van der Waals surface area contributed by atoms with Gasteiger partial charge in [-0.1, -0.05) is 12.1 Å². The number of carbonyl (C=O) groups excluding carboxylic acids is 3. The van der Waals surface area contributed by atoms with Crippen LogP contribution in [0.15, 0.2) is 24.3 Å². The van der Waals surface area contributed by atoms with Gasteiger partial charge < -0.3 is 16.4 Å². The van der Waals surface area contributed by atoms with Gasteiger partial charge in [0.25, 0.3) is 11.8 Å². The molecule has 0 radical (unpaired) electrons. The Kier molecular flexibility index (Phi) is 5.88. The number of nitrogens with zero attached hydrogens (tertiary/aromatic N) is 2. The van der Waals surface area contributed by atoms with E-state index in [0.717, 1.165) is 21.5 Å². The van der Waals surface area contributed by atoms with E-state index in [9.17, 15) is 14.4 Å². The number of carbonyl (C=O) groups is 3. The van der Waals surface area contributed by atoms with Crippen LogP contribution < -0.4 is 16.4 Å². The fourth-order valence-electron chi connectivity index (χ4n) is 3.05. The van der Waals surface area contributed by atoms with Gasteiger partial charge in [0.1, 0.15) is 10.7 Å². The number of fused-ring (bicyclic) bond motifs is 1. The number of aromatic nitrogens is 2. The molecule has 1 aromatic carbocycles. The summed E-state index contributed by atoms with van der Waals surface area (Å²) in [4.78, 5) is 46.3. The number of primary amides is 1. The molecule has 3 amide bonds. The van der Waals surface area contributed by atoms with Crippen LogP contribution in [0.1, 0.15) is 43.5 Å². The van der Waals surface area contributed by atoms with E-state index in [-0.39, 0.29) is 18.9 Å². The van der Waals surface area contributed by atoms with Gasteiger partial charge in [-0.15, -0.1) is 11.3 Å². The van der Waals surface area contributed by atoms with Crippen LogP contribution in [0.4, 0.5) is 5.69 Å². The zero-order valence-corrected chi connectivity index (χ0v) is 17.1. The lowest BCUT2D eigenvalue weighted by atomic mass is 10.1. The average Bonchev–Trinajstić information content (AvgIpc) is 2.98. The number of nitrogens with two attached hydrogens (primary N) is 1. The van der Waals surface area contributed by atoms with Gasteiger partial charge in [-0.05, 0) is 38.5 Å². The van der Waals surface area contributed by atoms with Gasteiger partial charge in [-0.25, -0.2) is 9.97 Å². The van der Waals surface area contributed by atoms with E-state index in [1.807, 2.05) is 20.8 Å². The quantitative estimate of drug-likeness (QED) is 0.574. The molecular weight excluding hydrogens is 390 g/mol. The molecule has 8 nitrogen and oxygen atoms in total. The maximum atomic E-state index is 12.9. The third-order valence-electron chi connectivity index (χ3n) is 4.37. The Bertz CT molecular complexity index is 1120. The SMILES string of the molecule is Cc1nc(C)c2c(C)c(C(=O)Nc3ccccc3C(=O)NCCC(N)=O)sc2n1. The van der Waals surface area contributed by atoms with Crippen LogP contribution in [-0.4, -0.2) is 34.2 Å². The van der Waals surface area contributed by atoms with E-state index in [1.54, 1.807) is 24.3 Å². The maximum Gasteiger partial charge on any atom is 0.266 e. The second-order valence-corrected chi connectivity index (χ2v) is 7.56. The standard InChI is InChI=1S/C20H21N5O3S/c1-10-16-11(2)23-12(3)24-20(16)29-17(10)19(28)25-14-7-5-4-6-13(14)18(27)22-9-8-15(21)26/h4-7H,8-9H2,1-3H3,(H2,21,26)(H,22,27)(H,25,28). The monoisotopic (exact) mass is 411 g/mol. The van der Waals surface area contributed by atoms with Crippen molar-refractivity contribution in [3.63, 3.8) is 0 Å². The van der Waals surface area contributed by atoms with Crippen molar-refractivity contribution in [2.75, 3.05) is 11.9 Å². The Balaban J connectivity index is 1.86.